The molecule has 4 nitrogen and oxygen atoms in total. The summed E-state index contributed by atoms with van der Waals surface area (Å²) in [5.41, 5.74) is 1.86. The average Bonchev–Trinajstić information content (AvgIpc) is 2.55. The number of benzene rings is 1. The normalized spacial score (nSPS) is 15.9. The fourth-order valence-corrected chi connectivity index (χ4v) is 3.02. The Morgan fingerprint density at radius 3 is 2.44 bits per heavy atom. The van der Waals surface area contributed by atoms with Gasteiger partial charge in [0.2, 0.25) is 0 Å². The number of ether oxygens (including phenoxy) is 1. The first-order valence-electron chi connectivity index (χ1n) is 8.49. The third-order valence-corrected chi connectivity index (χ3v) is 4.79. The summed E-state index contributed by atoms with van der Waals surface area (Å²) in [5.74, 6) is 0.765. The van der Waals surface area contributed by atoms with Gasteiger partial charge in [0.05, 0.1) is 6.54 Å². The number of amides is 1. The lowest BCUT2D eigenvalue weighted by Gasteiger charge is -2.34. The molecule has 7 heteroatoms. The van der Waals surface area contributed by atoms with Gasteiger partial charge in [-0.2, -0.15) is 0 Å². The fourth-order valence-electron chi connectivity index (χ4n) is 2.85. The van der Waals surface area contributed by atoms with Crippen molar-refractivity contribution in [2.45, 2.75) is 33.1 Å². The van der Waals surface area contributed by atoms with E-state index < -0.39 is 6.43 Å². The van der Waals surface area contributed by atoms with Gasteiger partial charge < -0.3 is 9.64 Å². The van der Waals surface area contributed by atoms with Crippen molar-refractivity contribution in [1.82, 2.24) is 9.80 Å². The molecule has 0 radical (unpaired) electrons. The molecule has 1 fully saturated rings. The maximum Gasteiger partial charge on any atom is 0.260 e. The zero-order valence-corrected chi connectivity index (χ0v) is 15.7. The Morgan fingerprint density at radius 2 is 1.88 bits per heavy atom. The summed E-state index contributed by atoms with van der Waals surface area (Å²) < 4.78 is 30.5. The lowest BCUT2D eigenvalue weighted by atomic mass is 10.0. The van der Waals surface area contributed by atoms with Gasteiger partial charge in [-0.1, -0.05) is 25.4 Å². The molecule has 0 aromatic heterocycles. The second-order valence-electron chi connectivity index (χ2n) is 6.66. The number of aryl methyl sites for hydroxylation is 1. The first kappa shape index (κ1) is 19.9. The number of hydrogen-bond donors (Lipinski definition) is 0. The van der Waals surface area contributed by atoms with Crippen LogP contribution in [0.4, 0.5) is 8.78 Å². The molecule has 1 aromatic rings. The SMILES string of the molecule is Cc1cc(OCC(=O)N2CCN(CC(F)F)CC2)c(C(C)C)cc1Cl. The smallest absolute Gasteiger partial charge is 0.260 e. The molecule has 1 aliphatic heterocycles. The van der Waals surface area contributed by atoms with E-state index >= 15 is 0 Å². The second-order valence-corrected chi connectivity index (χ2v) is 7.06. The first-order chi connectivity index (χ1) is 11.8. The van der Waals surface area contributed by atoms with Crippen LogP contribution in [-0.2, 0) is 4.79 Å². The van der Waals surface area contributed by atoms with Gasteiger partial charge in [0.1, 0.15) is 5.75 Å². The molecule has 1 saturated heterocycles. The molecule has 1 heterocycles. The number of carbonyl (C=O) groups is 1. The van der Waals surface area contributed by atoms with Crippen molar-refractivity contribution in [1.29, 1.82) is 0 Å². The van der Waals surface area contributed by atoms with Gasteiger partial charge in [-0.15, -0.1) is 0 Å². The first-order valence-corrected chi connectivity index (χ1v) is 8.86. The van der Waals surface area contributed by atoms with Crippen LogP contribution in [0.15, 0.2) is 12.1 Å². The highest BCUT2D eigenvalue weighted by Crippen LogP contribution is 2.32. The van der Waals surface area contributed by atoms with Crippen LogP contribution in [0.5, 0.6) is 5.75 Å². The van der Waals surface area contributed by atoms with Crippen LogP contribution < -0.4 is 4.74 Å². The summed E-state index contributed by atoms with van der Waals surface area (Å²) >= 11 is 6.18. The molecule has 0 spiro atoms. The standard InChI is InChI=1S/C18H25ClF2N2O2/c1-12(2)14-9-15(19)13(3)8-16(14)25-11-18(24)23-6-4-22(5-7-23)10-17(20)21/h8-9,12,17H,4-7,10-11H2,1-3H3. The van der Waals surface area contributed by atoms with Crippen molar-refractivity contribution >= 4 is 17.5 Å². The molecule has 1 aliphatic rings. The molecule has 0 N–H and O–H groups in total. The number of halogens is 3. The van der Waals surface area contributed by atoms with Crippen molar-refractivity contribution < 1.29 is 18.3 Å². The topological polar surface area (TPSA) is 32.8 Å². The predicted octanol–water partition coefficient (Wildman–Crippen LogP) is 3.56. The molecule has 0 unspecified atom stereocenters. The summed E-state index contributed by atoms with van der Waals surface area (Å²) in [5, 5.41) is 0.678. The van der Waals surface area contributed by atoms with E-state index in [0.717, 1.165) is 11.1 Å². The van der Waals surface area contributed by atoms with Crippen molar-refractivity contribution in [3.05, 3.63) is 28.3 Å². The van der Waals surface area contributed by atoms with Crippen LogP contribution in [0.3, 0.4) is 0 Å². The molecule has 0 bridgehead atoms. The molecule has 0 atom stereocenters. The number of nitrogens with zero attached hydrogens (tertiary/aromatic N) is 2. The van der Waals surface area contributed by atoms with Gasteiger partial charge in [0.15, 0.2) is 6.61 Å². The number of carbonyl (C=O) groups excluding carboxylic acids is 1. The summed E-state index contributed by atoms with van der Waals surface area (Å²) in [6.07, 6.45) is -2.34. The van der Waals surface area contributed by atoms with Crippen LogP contribution in [-0.4, -0.2) is 61.5 Å². The van der Waals surface area contributed by atoms with Crippen molar-refractivity contribution in [3.8, 4) is 5.75 Å². The van der Waals surface area contributed by atoms with E-state index in [2.05, 4.69) is 0 Å². The predicted molar refractivity (Wildman–Crippen MR) is 94.8 cm³/mol. The Kier molecular flexibility index (Phi) is 7.02. The van der Waals surface area contributed by atoms with Crippen LogP contribution >= 0.6 is 11.6 Å². The third kappa shape index (κ3) is 5.54. The maximum absolute atomic E-state index is 12.4. The van der Waals surface area contributed by atoms with Crippen LogP contribution in [0.2, 0.25) is 5.02 Å². The summed E-state index contributed by atoms with van der Waals surface area (Å²) in [7, 11) is 0. The summed E-state index contributed by atoms with van der Waals surface area (Å²) in [6.45, 7) is 7.51. The Bertz CT molecular complexity index is 603. The van der Waals surface area contributed by atoms with E-state index in [-0.39, 0.29) is 25.0 Å². The third-order valence-electron chi connectivity index (χ3n) is 4.39. The molecule has 0 saturated carbocycles. The highest BCUT2D eigenvalue weighted by Gasteiger charge is 2.23. The van der Waals surface area contributed by atoms with Gasteiger partial charge in [-0.05, 0) is 36.1 Å². The summed E-state index contributed by atoms with van der Waals surface area (Å²) in [6, 6.07) is 3.73. The zero-order chi connectivity index (χ0) is 18.6. The Hall–Kier alpha value is -1.40. The second kappa shape index (κ2) is 8.81. The van der Waals surface area contributed by atoms with E-state index in [0.29, 0.717) is 37.0 Å². The zero-order valence-electron chi connectivity index (χ0n) is 14.9. The Morgan fingerprint density at radius 1 is 1.24 bits per heavy atom. The average molecular weight is 375 g/mol. The van der Waals surface area contributed by atoms with Gasteiger partial charge in [-0.3, -0.25) is 9.69 Å². The Labute approximate surface area is 152 Å². The molecule has 25 heavy (non-hydrogen) atoms. The van der Waals surface area contributed by atoms with E-state index in [9.17, 15) is 13.6 Å². The fraction of sp³-hybridized carbons (Fsp3) is 0.611. The van der Waals surface area contributed by atoms with Gasteiger partial charge in [-0.25, -0.2) is 8.78 Å². The molecule has 1 aromatic carbocycles. The highest BCUT2D eigenvalue weighted by molar-refractivity contribution is 6.31. The largest absolute Gasteiger partial charge is 0.483 e. The highest BCUT2D eigenvalue weighted by atomic mass is 35.5. The number of alkyl halides is 2. The van der Waals surface area contributed by atoms with Crippen LogP contribution in [0.1, 0.15) is 30.9 Å². The minimum absolute atomic E-state index is 0.0599. The van der Waals surface area contributed by atoms with Crippen LogP contribution in [0.25, 0.3) is 0 Å². The lowest BCUT2D eigenvalue weighted by Crippen LogP contribution is -2.50. The molecule has 140 valence electrons. The maximum atomic E-state index is 12.4. The molecular weight excluding hydrogens is 350 g/mol. The Balaban J connectivity index is 1.92. The van der Waals surface area contributed by atoms with E-state index in [1.807, 2.05) is 32.9 Å². The summed E-state index contributed by atoms with van der Waals surface area (Å²) in [4.78, 5) is 15.7. The van der Waals surface area contributed by atoms with E-state index in [4.69, 9.17) is 16.3 Å². The monoisotopic (exact) mass is 374 g/mol. The minimum atomic E-state index is -2.34. The van der Waals surface area contributed by atoms with Gasteiger partial charge in [0.25, 0.3) is 12.3 Å². The van der Waals surface area contributed by atoms with Crippen molar-refractivity contribution in [2.75, 3.05) is 39.3 Å². The van der Waals surface area contributed by atoms with E-state index in [1.165, 1.54) is 0 Å². The van der Waals surface area contributed by atoms with Gasteiger partial charge in [0, 0.05) is 31.2 Å². The number of hydrogen-bond acceptors (Lipinski definition) is 3. The van der Waals surface area contributed by atoms with E-state index in [1.54, 1.807) is 9.80 Å². The molecular formula is C18H25ClF2N2O2. The molecule has 1 amide bonds. The molecule has 2 rings (SSSR count). The number of piperazine rings is 1. The van der Waals surface area contributed by atoms with Crippen molar-refractivity contribution in [2.24, 2.45) is 0 Å². The minimum Gasteiger partial charge on any atom is -0.483 e. The van der Waals surface area contributed by atoms with Gasteiger partial charge >= 0.3 is 0 Å². The lowest BCUT2D eigenvalue weighted by molar-refractivity contribution is -0.135. The van der Waals surface area contributed by atoms with Crippen LogP contribution in [0, 0.1) is 6.92 Å². The van der Waals surface area contributed by atoms with Crippen molar-refractivity contribution in [3.63, 3.8) is 0 Å². The number of rotatable bonds is 6. The molecule has 0 aliphatic carbocycles. The quantitative estimate of drug-likeness (QED) is 0.763.